The third kappa shape index (κ3) is 6.30. The summed E-state index contributed by atoms with van der Waals surface area (Å²) in [5.41, 5.74) is 9.01. The maximum absolute atomic E-state index is 11.4. The molecule has 0 bridgehead atoms. The van der Waals surface area contributed by atoms with E-state index in [1.54, 1.807) is 19.5 Å². The fourth-order valence-corrected chi connectivity index (χ4v) is 6.41. The van der Waals surface area contributed by atoms with Gasteiger partial charge in [0.05, 0.1) is 30.0 Å². The topological polar surface area (TPSA) is 159 Å². The number of nitrogens with two attached hydrogens (primary N) is 1. The molecule has 5 heterocycles. The van der Waals surface area contributed by atoms with Gasteiger partial charge in [0.25, 0.3) is 0 Å². The van der Waals surface area contributed by atoms with Crippen molar-refractivity contribution in [1.82, 2.24) is 24.8 Å². The van der Waals surface area contributed by atoms with Gasteiger partial charge >= 0.3 is 6.09 Å². The quantitative estimate of drug-likeness (QED) is 0.413. The van der Waals surface area contributed by atoms with Gasteiger partial charge in [-0.2, -0.15) is 10.2 Å². The number of hydrogen-bond donors (Lipinski definition) is 1. The Morgan fingerprint density at radius 3 is 2.50 bits per heavy atom. The van der Waals surface area contributed by atoms with Gasteiger partial charge in [-0.25, -0.2) is 9.78 Å². The van der Waals surface area contributed by atoms with Gasteiger partial charge in [0.1, 0.15) is 35.1 Å². The van der Waals surface area contributed by atoms with Crippen molar-refractivity contribution in [2.45, 2.75) is 38.3 Å². The van der Waals surface area contributed by atoms with Gasteiger partial charge in [-0.15, -0.1) is 0 Å². The third-order valence-corrected chi connectivity index (χ3v) is 8.45. The Morgan fingerprint density at radius 2 is 1.77 bits per heavy atom. The van der Waals surface area contributed by atoms with Crippen molar-refractivity contribution in [2.75, 3.05) is 80.7 Å². The molecule has 3 aromatic rings. The van der Waals surface area contributed by atoms with E-state index in [1.165, 1.54) is 0 Å². The Labute approximate surface area is 256 Å². The molecule has 232 valence electrons. The lowest BCUT2D eigenvalue weighted by Crippen LogP contribution is -2.54. The van der Waals surface area contributed by atoms with Gasteiger partial charge in [-0.05, 0) is 26.0 Å². The summed E-state index contributed by atoms with van der Waals surface area (Å²) >= 11 is 0. The molecule has 3 fully saturated rings. The minimum absolute atomic E-state index is 0.0222. The number of methoxy groups -OCH3 is 1. The Balaban J connectivity index is 1.09. The Kier molecular flexibility index (Phi) is 8.60. The molecule has 14 nitrogen and oxygen atoms in total. The number of fused-ring (bicyclic) bond motifs is 1. The highest BCUT2D eigenvalue weighted by Crippen LogP contribution is 2.29. The molecular weight excluding hydrogens is 564 g/mol. The van der Waals surface area contributed by atoms with E-state index in [4.69, 9.17) is 29.9 Å². The number of aryl methyl sites for hydroxylation is 1. The largest absolute Gasteiger partial charge is 0.442 e. The number of carbonyl (C=O) groups is 1. The van der Waals surface area contributed by atoms with Crippen LogP contribution in [-0.2, 0) is 14.2 Å². The average Bonchev–Trinajstić information content (AvgIpc) is 3.42. The van der Waals surface area contributed by atoms with Crippen LogP contribution in [0.2, 0.25) is 0 Å². The van der Waals surface area contributed by atoms with Crippen LogP contribution in [-0.4, -0.2) is 121 Å². The minimum atomic E-state index is -0.811. The molecule has 2 N–H and O–H groups in total. The summed E-state index contributed by atoms with van der Waals surface area (Å²) in [5, 5.41) is 9.53. The summed E-state index contributed by atoms with van der Waals surface area (Å²) in [6, 6.07) is 7.97. The number of hydrogen-bond acceptors (Lipinski definition) is 13. The number of morpholine rings is 1. The molecular formula is C30H38N10O4. The van der Waals surface area contributed by atoms with Crippen molar-refractivity contribution in [1.29, 1.82) is 5.26 Å². The number of rotatable bonds is 7. The first-order chi connectivity index (χ1) is 21.3. The number of carbonyl (C=O) groups excluding carboxylic acids is 1. The number of piperazine rings is 1. The molecule has 0 spiro atoms. The van der Waals surface area contributed by atoms with E-state index in [0.717, 1.165) is 68.5 Å². The lowest BCUT2D eigenvalue weighted by molar-refractivity contribution is -0.0327. The van der Waals surface area contributed by atoms with Crippen molar-refractivity contribution in [2.24, 2.45) is 5.73 Å². The Hall–Kier alpha value is -4.32. The van der Waals surface area contributed by atoms with Gasteiger partial charge < -0.3 is 34.6 Å². The molecule has 1 aromatic carbocycles. The summed E-state index contributed by atoms with van der Waals surface area (Å²) in [6.45, 7) is 10.6. The molecule has 3 saturated heterocycles. The zero-order valence-electron chi connectivity index (χ0n) is 25.3. The number of primary amides is 1. The minimum Gasteiger partial charge on any atom is -0.442 e. The summed E-state index contributed by atoms with van der Waals surface area (Å²) in [7, 11) is 1.60. The zero-order valence-corrected chi connectivity index (χ0v) is 25.3. The Bertz CT molecular complexity index is 1540. The number of ether oxygens (including phenoxy) is 3. The molecule has 3 aliphatic heterocycles. The maximum Gasteiger partial charge on any atom is 0.404 e. The van der Waals surface area contributed by atoms with Crippen molar-refractivity contribution in [3.63, 3.8) is 0 Å². The molecule has 44 heavy (non-hydrogen) atoms. The molecule has 1 amide bonds. The predicted octanol–water partition coefficient (Wildman–Crippen LogP) is 1.31. The monoisotopic (exact) mass is 602 g/mol. The first-order valence-electron chi connectivity index (χ1n) is 14.9. The van der Waals surface area contributed by atoms with Crippen LogP contribution < -0.4 is 20.4 Å². The van der Waals surface area contributed by atoms with E-state index in [9.17, 15) is 10.1 Å². The standard InChI is InChI=1S/C30H38N10O4/c1-19-12-26(40-17-24(42-3)25(18-40)44-29(32)41)36-30(35-19)38-10-8-37(9-11-38)15-22-16-39(14-20(2)43-22)23-5-4-21(13-31)27-28(23)34-7-6-33-27/h4-7,12,20,22,24-25H,8-11,14-18H2,1-3H3,(H2,32,41)/t20-,22+,24+,25+/m1/s1. The molecule has 2 aromatic heterocycles. The fraction of sp³-hybridized carbons (Fsp3) is 0.533. The van der Waals surface area contributed by atoms with E-state index in [2.05, 4.69) is 37.7 Å². The first-order valence-corrected chi connectivity index (χ1v) is 14.9. The van der Waals surface area contributed by atoms with E-state index in [0.29, 0.717) is 30.1 Å². The maximum atomic E-state index is 11.4. The summed E-state index contributed by atoms with van der Waals surface area (Å²) in [5.74, 6) is 1.47. The van der Waals surface area contributed by atoms with Crippen LogP contribution in [0.15, 0.2) is 30.6 Å². The SMILES string of the molecule is CO[C@H]1CN(c2cc(C)nc(N3CCN(C[C@H]4CN(c5ccc(C#N)c6nccnc56)C[C@@H](C)O4)CC3)n2)C[C@@H]1OC(N)=O. The average molecular weight is 603 g/mol. The zero-order chi connectivity index (χ0) is 30.8. The van der Waals surface area contributed by atoms with Gasteiger partial charge in [0.2, 0.25) is 5.95 Å². The highest BCUT2D eigenvalue weighted by atomic mass is 16.6. The molecule has 0 unspecified atom stereocenters. The second kappa shape index (κ2) is 12.7. The van der Waals surface area contributed by atoms with Gasteiger partial charge in [0.15, 0.2) is 0 Å². The van der Waals surface area contributed by atoms with Gasteiger partial charge in [-0.1, -0.05) is 0 Å². The summed E-state index contributed by atoms with van der Waals surface area (Å²) in [6.07, 6.45) is 1.82. The second-order valence-corrected chi connectivity index (χ2v) is 11.6. The van der Waals surface area contributed by atoms with Crippen LogP contribution in [0, 0.1) is 18.3 Å². The molecule has 6 rings (SSSR count). The van der Waals surface area contributed by atoms with Crippen molar-refractivity contribution < 1.29 is 19.0 Å². The van der Waals surface area contributed by atoms with Crippen LogP contribution in [0.5, 0.6) is 0 Å². The second-order valence-electron chi connectivity index (χ2n) is 11.6. The van der Waals surface area contributed by atoms with E-state index in [-0.39, 0.29) is 18.3 Å². The van der Waals surface area contributed by atoms with Crippen LogP contribution in [0.4, 0.5) is 22.2 Å². The molecule has 0 saturated carbocycles. The highest BCUT2D eigenvalue weighted by molar-refractivity contribution is 5.92. The van der Waals surface area contributed by atoms with Crippen molar-refractivity contribution >= 4 is 34.6 Å². The van der Waals surface area contributed by atoms with Gasteiger partial charge in [-0.3, -0.25) is 14.9 Å². The van der Waals surface area contributed by atoms with E-state index >= 15 is 0 Å². The highest BCUT2D eigenvalue weighted by Gasteiger charge is 2.37. The smallest absolute Gasteiger partial charge is 0.404 e. The van der Waals surface area contributed by atoms with Crippen LogP contribution >= 0.6 is 0 Å². The first kappa shape index (κ1) is 29.7. The molecule has 3 aliphatic rings. The van der Waals surface area contributed by atoms with Crippen LogP contribution in [0.3, 0.4) is 0 Å². The third-order valence-electron chi connectivity index (χ3n) is 8.45. The lowest BCUT2D eigenvalue weighted by atomic mass is 10.1. The van der Waals surface area contributed by atoms with Crippen LogP contribution in [0.1, 0.15) is 18.2 Å². The molecule has 14 heteroatoms. The predicted molar refractivity (Wildman–Crippen MR) is 164 cm³/mol. The number of nitriles is 1. The van der Waals surface area contributed by atoms with E-state index in [1.807, 2.05) is 30.0 Å². The number of benzene rings is 1. The number of anilines is 3. The van der Waals surface area contributed by atoms with E-state index < -0.39 is 12.2 Å². The van der Waals surface area contributed by atoms with Crippen molar-refractivity contribution in [3.05, 3.63) is 41.9 Å². The van der Waals surface area contributed by atoms with Crippen LogP contribution in [0.25, 0.3) is 11.0 Å². The molecule has 0 radical (unpaired) electrons. The fourth-order valence-electron chi connectivity index (χ4n) is 6.41. The van der Waals surface area contributed by atoms with Crippen molar-refractivity contribution in [3.8, 4) is 6.07 Å². The number of nitrogens with zero attached hydrogens (tertiary/aromatic N) is 9. The molecule has 0 aliphatic carbocycles. The summed E-state index contributed by atoms with van der Waals surface area (Å²) in [4.78, 5) is 39.0. The van der Waals surface area contributed by atoms with Gasteiger partial charge in [0, 0.05) is 83.6 Å². The molecule has 4 atom stereocenters. The lowest BCUT2D eigenvalue weighted by Gasteiger charge is -2.42. The number of aromatic nitrogens is 4. The normalized spacial score (nSPS) is 24.5. The Morgan fingerprint density at radius 1 is 1.02 bits per heavy atom. The summed E-state index contributed by atoms with van der Waals surface area (Å²) < 4.78 is 17.2. The number of amides is 1.